The summed E-state index contributed by atoms with van der Waals surface area (Å²) in [6.45, 7) is 4.71. The first-order valence-corrected chi connectivity index (χ1v) is 9.81. The Balaban J connectivity index is 0.00000320. The maximum atomic E-state index is 13.7. The zero-order chi connectivity index (χ0) is 20.8. The van der Waals surface area contributed by atoms with Crippen LogP contribution in [0, 0.1) is 5.82 Å². The van der Waals surface area contributed by atoms with Crippen LogP contribution in [-0.4, -0.2) is 33.9 Å². The van der Waals surface area contributed by atoms with Crippen LogP contribution in [0.2, 0.25) is 0 Å². The molecule has 0 fully saturated rings. The van der Waals surface area contributed by atoms with Crippen molar-refractivity contribution in [1.29, 1.82) is 0 Å². The topological polar surface area (TPSA) is 59.3 Å². The van der Waals surface area contributed by atoms with Gasteiger partial charge in [-0.15, -0.1) is 12.4 Å². The summed E-state index contributed by atoms with van der Waals surface area (Å²) >= 11 is 0. The minimum Gasteiger partial charge on any atom is -0.491 e. The SMILES string of the molecule is CC(C)c1ccc(OCC(O)CNC(c2cccc(F)c2)c2nccn2C)cc1.Cl. The van der Waals surface area contributed by atoms with Gasteiger partial charge in [-0.05, 0) is 41.3 Å². The maximum Gasteiger partial charge on any atom is 0.130 e. The molecule has 7 heteroatoms. The number of rotatable bonds is 9. The van der Waals surface area contributed by atoms with Crippen molar-refractivity contribution in [3.8, 4) is 5.75 Å². The van der Waals surface area contributed by atoms with Gasteiger partial charge in [-0.1, -0.05) is 38.1 Å². The standard InChI is InChI=1S/C23H28FN3O2.ClH/c1-16(2)17-7-9-21(10-8-17)29-15-20(28)14-26-22(23-25-11-12-27(23)3)18-5-4-6-19(24)13-18;/h4-13,16,20,22,26,28H,14-15H2,1-3H3;1H. The van der Waals surface area contributed by atoms with Crippen molar-refractivity contribution < 1.29 is 14.2 Å². The lowest BCUT2D eigenvalue weighted by Crippen LogP contribution is -2.35. The number of aliphatic hydroxyl groups is 1. The Morgan fingerprint density at radius 1 is 1.13 bits per heavy atom. The number of ether oxygens (including phenoxy) is 1. The Hall–Kier alpha value is -2.41. The number of nitrogens with one attached hydrogen (secondary N) is 1. The van der Waals surface area contributed by atoms with Crippen molar-refractivity contribution in [3.63, 3.8) is 0 Å². The van der Waals surface area contributed by atoms with Crippen LogP contribution in [0.15, 0.2) is 60.9 Å². The van der Waals surface area contributed by atoms with Crippen molar-refractivity contribution in [2.24, 2.45) is 7.05 Å². The first-order chi connectivity index (χ1) is 13.9. The molecule has 1 aromatic heterocycles. The van der Waals surface area contributed by atoms with Gasteiger partial charge in [0.2, 0.25) is 0 Å². The van der Waals surface area contributed by atoms with Crippen molar-refractivity contribution >= 4 is 12.4 Å². The highest BCUT2D eigenvalue weighted by Gasteiger charge is 2.20. The molecule has 0 radical (unpaired) electrons. The van der Waals surface area contributed by atoms with Gasteiger partial charge >= 0.3 is 0 Å². The van der Waals surface area contributed by atoms with Crippen LogP contribution in [0.1, 0.15) is 42.8 Å². The van der Waals surface area contributed by atoms with E-state index in [2.05, 4.69) is 24.1 Å². The van der Waals surface area contributed by atoms with E-state index in [1.165, 1.54) is 17.7 Å². The number of aliphatic hydroxyl groups excluding tert-OH is 1. The zero-order valence-corrected chi connectivity index (χ0v) is 18.3. The molecule has 2 N–H and O–H groups in total. The summed E-state index contributed by atoms with van der Waals surface area (Å²) in [5, 5.41) is 13.7. The molecule has 2 aromatic carbocycles. The molecule has 30 heavy (non-hydrogen) atoms. The third-order valence-electron chi connectivity index (χ3n) is 4.85. The lowest BCUT2D eigenvalue weighted by atomic mass is 10.0. The second-order valence-corrected chi connectivity index (χ2v) is 7.48. The van der Waals surface area contributed by atoms with Gasteiger partial charge < -0.3 is 19.7 Å². The van der Waals surface area contributed by atoms with E-state index in [0.29, 0.717) is 5.92 Å². The molecule has 0 saturated heterocycles. The molecule has 0 spiro atoms. The van der Waals surface area contributed by atoms with E-state index < -0.39 is 6.10 Å². The first-order valence-electron chi connectivity index (χ1n) is 9.81. The van der Waals surface area contributed by atoms with Gasteiger partial charge in [-0.25, -0.2) is 9.37 Å². The van der Waals surface area contributed by atoms with Crippen LogP contribution >= 0.6 is 12.4 Å². The molecule has 162 valence electrons. The van der Waals surface area contributed by atoms with Crippen molar-refractivity contribution in [1.82, 2.24) is 14.9 Å². The number of imidazole rings is 1. The van der Waals surface area contributed by atoms with Crippen LogP contribution < -0.4 is 10.1 Å². The smallest absolute Gasteiger partial charge is 0.130 e. The van der Waals surface area contributed by atoms with E-state index in [-0.39, 0.29) is 37.4 Å². The van der Waals surface area contributed by atoms with Crippen LogP contribution in [0.25, 0.3) is 0 Å². The number of halogens is 2. The lowest BCUT2D eigenvalue weighted by Gasteiger charge is -2.21. The fraction of sp³-hybridized carbons (Fsp3) is 0.348. The molecule has 2 unspecified atom stereocenters. The first kappa shape index (κ1) is 23.9. The highest BCUT2D eigenvalue weighted by molar-refractivity contribution is 5.85. The van der Waals surface area contributed by atoms with Crippen LogP contribution in [0.4, 0.5) is 4.39 Å². The fourth-order valence-corrected chi connectivity index (χ4v) is 3.15. The van der Waals surface area contributed by atoms with E-state index in [1.54, 1.807) is 12.3 Å². The van der Waals surface area contributed by atoms with E-state index >= 15 is 0 Å². The van der Waals surface area contributed by atoms with Gasteiger partial charge in [-0.3, -0.25) is 0 Å². The molecule has 1 heterocycles. The summed E-state index contributed by atoms with van der Waals surface area (Å²) in [6, 6.07) is 14.0. The molecule has 3 aromatic rings. The van der Waals surface area contributed by atoms with Gasteiger partial charge in [0.15, 0.2) is 0 Å². The third kappa shape index (κ3) is 6.29. The number of nitrogens with zero attached hydrogens (tertiary/aromatic N) is 2. The normalized spacial score (nSPS) is 13.0. The molecule has 5 nitrogen and oxygen atoms in total. The largest absolute Gasteiger partial charge is 0.491 e. The summed E-state index contributed by atoms with van der Waals surface area (Å²) < 4.78 is 21.3. The molecular formula is C23H29ClFN3O2. The summed E-state index contributed by atoms with van der Waals surface area (Å²) in [5.74, 6) is 1.62. The highest BCUT2D eigenvalue weighted by Crippen LogP contribution is 2.22. The van der Waals surface area contributed by atoms with E-state index in [9.17, 15) is 9.50 Å². The van der Waals surface area contributed by atoms with Gasteiger partial charge in [0, 0.05) is 26.0 Å². The number of aromatic nitrogens is 2. The number of hydrogen-bond acceptors (Lipinski definition) is 4. The Kier molecular flexibility index (Phi) is 8.84. The minimum absolute atomic E-state index is 0. The van der Waals surface area contributed by atoms with Crippen molar-refractivity contribution in [2.75, 3.05) is 13.2 Å². The molecular weight excluding hydrogens is 405 g/mol. The average Bonchev–Trinajstić information content (AvgIpc) is 3.12. The number of benzene rings is 2. The molecule has 0 bridgehead atoms. The Bertz CT molecular complexity index is 915. The van der Waals surface area contributed by atoms with Gasteiger partial charge in [-0.2, -0.15) is 0 Å². The molecule has 0 saturated carbocycles. The van der Waals surface area contributed by atoms with E-state index in [1.807, 2.05) is 48.1 Å². The molecule has 0 aliphatic rings. The van der Waals surface area contributed by atoms with Crippen molar-refractivity contribution in [2.45, 2.75) is 31.9 Å². The molecule has 0 aliphatic heterocycles. The monoisotopic (exact) mass is 433 g/mol. The number of hydrogen-bond donors (Lipinski definition) is 2. The minimum atomic E-state index is -0.726. The Labute approximate surface area is 183 Å². The third-order valence-corrected chi connectivity index (χ3v) is 4.85. The molecule has 2 atom stereocenters. The van der Waals surface area contributed by atoms with Crippen LogP contribution in [0.5, 0.6) is 5.75 Å². The second kappa shape index (κ2) is 11.1. The molecule has 0 aliphatic carbocycles. The van der Waals surface area contributed by atoms with Crippen LogP contribution in [-0.2, 0) is 7.05 Å². The Morgan fingerprint density at radius 2 is 1.87 bits per heavy atom. The predicted molar refractivity (Wildman–Crippen MR) is 119 cm³/mol. The summed E-state index contributed by atoms with van der Waals surface area (Å²) in [6.07, 6.45) is 2.81. The zero-order valence-electron chi connectivity index (χ0n) is 17.5. The highest BCUT2D eigenvalue weighted by atomic mass is 35.5. The summed E-state index contributed by atoms with van der Waals surface area (Å²) in [5.41, 5.74) is 1.99. The Morgan fingerprint density at radius 3 is 2.47 bits per heavy atom. The summed E-state index contributed by atoms with van der Waals surface area (Å²) in [4.78, 5) is 4.38. The van der Waals surface area contributed by atoms with Gasteiger partial charge in [0.05, 0.1) is 6.04 Å². The van der Waals surface area contributed by atoms with Crippen LogP contribution in [0.3, 0.4) is 0 Å². The average molecular weight is 434 g/mol. The van der Waals surface area contributed by atoms with Gasteiger partial charge in [0.25, 0.3) is 0 Å². The van der Waals surface area contributed by atoms with E-state index in [4.69, 9.17) is 4.74 Å². The predicted octanol–water partition coefficient (Wildman–Crippen LogP) is 4.22. The molecule has 3 rings (SSSR count). The molecule has 0 amide bonds. The van der Waals surface area contributed by atoms with E-state index in [0.717, 1.165) is 17.1 Å². The quantitative estimate of drug-likeness (QED) is 0.530. The fourth-order valence-electron chi connectivity index (χ4n) is 3.15. The maximum absolute atomic E-state index is 13.7. The second-order valence-electron chi connectivity index (χ2n) is 7.48. The van der Waals surface area contributed by atoms with Crippen molar-refractivity contribution in [3.05, 3.63) is 83.7 Å². The lowest BCUT2D eigenvalue weighted by molar-refractivity contribution is 0.104. The van der Waals surface area contributed by atoms with Gasteiger partial charge in [0.1, 0.15) is 30.1 Å². The number of aryl methyl sites for hydroxylation is 1. The summed E-state index contributed by atoms with van der Waals surface area (Å²) in [7, 11) is 1.89.